The van der Waals surface area contributed by atoms with Crippen LogP contribution in [0.3, 0.4) is 0 Å². The monoisotopic (exact) mass is 323 g/mol. The molecule has 6 heteroatoms. The highest BCUT2D eigenvalue weighted by Crippen LogP contribution is 2.22. The van der Waals surface area contributed by atoms with Crippen molar-refractivity contribution < 1.29 is 4.79 Å². The normalized spacial score (nSPS) is 10.3. The molecule has 1 aromatic carbocycles. The van der Waals surface area contributed by atoms with E-state index in [1.54, 1.807) is 18.2 Å². The van der Waals surface area contributed by atoms with Gasteiger partial charge in [0, 0.05) is 22.8 Å². The zero-order valence-corrected chi connectivity index (χ0v) is 13.2. The van der Waals surface area contributed by atoms with Crippen molar-refractivity contribution in [2.75, 3.05) is 17.2 Å². The maximum atomic E-state index is 12.3. The molecule has 0 unspecified atom stereocenters. The van der Waals surface area contributed by atoms with Crippen LogP contribution in [0, 0.1) is 6.92 Å². The van der Waals surface area contributed by atoms with Gasteiger partial charge in [-0.05, 0) is 43.7 Å². The van der Waals surface area contributed by atoms with Crippen molar-refractivity contribution in [1.82, 2.24) is 4.98 Å². The second-order valence-electron chi connectivity index (χ2n) is 4.51. The number of aryl methyl sites for hydroxylation is 1. The van der Waals surface area contributed by atoms with Crippen LogP contribution >= 0.6 is 23.2 Å². The first-order valence-corrected chi connectivity index (χ1v) is 7.24. The van der Waals surface area contributed by atoms with Gasteiger partial charge in [0.1, 0.15) is 11.0 Å². The van der Waals surface area contributed by atoms with Gasteiger partial charge in [-0.3, -0.25) is 4.79 Å². The number of halogens is 2. The van der Waals surface area contributed by atoms with E-state index in [9.17, 15) is 4.79 Å². The van der Waals surface area contributed by atoms with Crippen LogP contribution in [-0.4, -0.2) is 17.4 Å². The Morgan fingerprint density at radius 1 is 1.24 bits per heavy atom. The van der Waals surface area contributed by atoms with Crippen LogP contribution in [-0.2, 0) is 0 Å². The van der Waals surface area contributed by atoms with E-state index in [0.717, 1.165) is 5.56 Å². The topological polar surface area (TPSA) is 54.0 Å². The van der Waals surface area contributed by atoms with Crippen molar-refractivity contribution in [2.24, 2.45) is 0 Å². The number of nitrogens with zero attached hydrogens (tertiary/aromatic N) is 1. The number of hydrogen-bond donors (Lipinski definition) is 2. The molecule has 0 saturated heterocycles. The molecule has 2 rings (SSSR count). The minimum atomic E-state index is -0.260. The summed E-state index contributed by atoms with van der Waals surface area (Å²) < 4.78 is 0. The van der Waals surface area contributed by atoms with Gasteiger partial charge in [-0.1, -0.05) is 29.3 Å². The summed E-state index contributed by atoms with van der Waals surface area (Å²) in [5.74, 6) is 0.307. The third-order valence-corrected chi connectivity index (χ3v) is 3.29. The van der Waals surface area contributed by atoms with Crippen LogP contribution in [0.1, 0.15) is 22.8 Å². The van der Waals surface area contributed by atoms with E-state index < -0.39 is 0 Å². The number of amides is 1. The molecule has 1 heterocycles. The summed E-state index contributed by atoms with van der Waals surface area (Å²) >= 11 is 11.9. The minimum Gasteiger partial charge on any atom is -0.370 e. The van der Waals surface area contributed by atoms with E-state index in [1.165, 1.54) is 6.07 Å². The number of hydrogen-bond acceptors (Lipinski definition) is 3. The maximum absolute atomic E-state index is 12.3. The maximum Gasteiger partial charge on any atom is 0.255 e. The number of carbonyl (C=O) groups is 1. The first-order chi connectivity index (χ1) is 9.99. The lowest BCUT2D eigenvalue weighted by atomic mass is 10.2. The zero-order chi connectivity index (χ0) is 15.4. The van der Waals surface area contributed by atoms with Crippen molar-refractivity contribution in [1.29, 1.82) is 0 Å². The van der Waals surface area contributed by atoms with Gasteiger partial charge in [0.05, 0.1) is 0 Å². The molecule has 110 valence electrons. The van der Waals surface area contributed by atoms with E-state index in [-0.39, 0.29) is 11.1 Å². The molecule has 2 N–H and O–H groups in total. The lowest BCUT2D eigenvalue weighted by molar-refractivity contribution is 0.102. The number of nitrogens with one attached hydrogen (secondary N) is 2. The summed E-state index contributed by atoms with van der Waals surface area (Å²) in [6.45, 7) is 4.54. The molecule has 21 heavy (non-hydrogen) atoms. The van der Waals surface area contributed by atoms with Crippen molar-refractivity contribution >= 4 is 40.6 Å². The molecule has 0 atom stereocenters. The van der Waals surface area contributed by atoms with Crippen LogP contribution in [0.2, 0.25) is 10.2 Å². The summed E-state index contributed by atoms with van der Waals surface area (Å²) in [7, 11) is 0. The first-order valence-electron chi connectivity index (χ1n) is 6.48. The number of anilines is 2. The molecule has 1 amide bonds. The summed E-state index contributed by atoms with van der Waals surface area (Å²) in [5, 5.41) is 6.69. The first kappa shape index (κ1) is 15.6. The van der Waals surface area contributed by atoms with E-state index >= 15 is 0 Å². The molecule has 0 aliphatic heterocycles. The third kappa shape index (κ3) is 4.09. The molecule has 0 fully saturated rings. The average molecular weight is 324 g/mol. The van der Waals surface area contributed by atoms with Gasteiger partial charge in [0.2, 0.25) is 0 Å². The predicted molar refractivity (Wildman–Crippen MR) is 87.6 cm³/mol. The molecule has 1 aromatic heterocycles. The highest BCUT2D eigenvalue weighted by molar-refractivity contribution is 6.31. The number of carbonyl (C=O) groups excluding carboxylic acids is 1. The standard InChI is InChI=1S/C15H15Cl2N3O/c1-3-18-14-7-10(6-13(17)20-14)15(21)19-12-8-11(16)5-4-9(12)2/h4-8H,3H2,1-2H3,(H,18,20)(H,19,21). The Bertz CT molecular complexity index is 674. The Balaban J connectivity index is 2.25. The SMILES string of the molecule is CCNc1cc(C(=O)Nc2cc(Cl)ccc2C)cc(Cl)n1. The molecule has 0 aliphatic carbocycles. The largest absolute Gasteiger partial charge is 0.370 e. The molecule has 0 spiro atoms. The van der Waals surface area contributed by atoms with Gasteiger partial charge < -0.3 is 10.6 Å². The fourth-order valence-corrected chi connectivity index (χ4v) is 2.20. The molecule has 0 bridgehead atoms. The smallest absolute Gasteiger partial charge is 0.255 e. The van der Waals surface area contributed by atoms with Crippen LogP contribution in [0.15, 0.2) is 30.3 Å². The summed E-state index contributed by atoms with van der Waals surface area (Å²) in [4.78, 5) is 16.4. The van der Waals surface area contributed by atoms with Crippen molar-refractivity contribution in [3.63, 3.8) is 0 Å². The highest BCUT2D eigenvalue weighted by Gasteiger charge is 2.11. The van der Waals surface area contributed by atoms with E-state index in [2.05, 4.69) is 15.6 Å². The van der Waals surface area contributed by atoms with Gasteiger partial charge in [0.25, 0.3) is 5.91 Å². The third-order valence-electron chi connectivity index (χ3n) is 2.86. The molecule has 4 nitrogen and oxygen atoms in total. The molecule has 2 aromatic rings. The van der Waals surface area contributed by atoms with Crippen LogP contribution in [0.5, 0.6) is 0 Å². The highest BCUT2D eigenvalue weighted by atomic mass is 35.5. The summed E-state index contributed by atoms with van der Waals surface area (Å²) in [5.41, 5.74) is 2.04. The molecule has 0 saturated carbocycles. The Hall–Kier alpha value is -1.78. The molecule has 0 radical (unpaired) electrons. The lowest BCUT2D eigenvalue weighted by Gasteiger charge is -2.10. The summed E-state index contributed by atoms with van der Waals surface area (Å²) in [6.07, 6.45) is 0. The second-order valence-corrected chi connectivity index (χ2v) is 5.33. The van der Waals surface area contributed by atoms with Gasteiger partial charge in [-0.2, -0.15) is 0 Å². The van der Waals surface area contributed by atoms with E-state index in [1.807, 2.05) is 19.9 Å². The Morgan fingerprint density at radius 3 is 2.71 bits per heavy atom. The van der Waals surface area contributed by atoms with Crippen molar-refractivity contribution in [3.05, 3.63) is 51.6 Å². The summed E-state index contributed by atoms with van der Waals surface area (Å²) in [6, 6.07) is 8.52. The Labute approximate surface area is 133 Å². The molecular formula is C15H15Cl2N3O. The van der Waals surface area contributed by atoms with Crippen LogP contribution in [0.4, 0.5) is 11.5 Å². The zero-order valence-electron chi connectivity index (χ0n) is 11.7. The van der Waals surface area contributed by atoms with E-state index in [4.69, 9.17) is 23.2 Å². The quantitative estimate of drug-likeness (QED) is 0.821. The van der Waals surface area contributed by atoms with Gasteiger partial charge in [-0.25, -0.2) is 4.98 Å². The predicted octanol–water partition coefficient (Wildman–Crippen LogP) is 4.38. The van der Waals surface area contributed by atoms with Crippen molar-refractivity contribution in [2.45, 2.75) is 13.8 Å². The molecular weight excluding hydrogens is 309 g/mol. The van der Waals surface area contributed by atoms with Crippen LogP contribution < -0.4 is 10.6 Å². The number of pyridine rings is 1. The van der Waals surface area contributed by atoms with E-state index in [0.29, 0.717) is 28.6 Å². The van der Waals surface area contributed by atoms with Gasteiger partial charge in [0.15, 0.2) is 0 Å². The van der Waals surface area contributed by atoms with Crippen LogP contribution in [0.25, 0.3) is 0 Å². The Morgan fingerprint density at radius 2 is 2.00 bits per heavy atom. The fraction of sp³-hybridized carbons (Fsp3) is 0.200. The number of aromatic nitrogens is 1. The van der Waals surface area contributed by atoms with Gasteiger partial charge in [-0.15, -0.1) is 0 Å². The average Bonchev–Trinajstić information content (AvgIpc) is 2.42. The lowest BCUT2D eigenvalue weighted by Crippen LogP contribution is -2.14. The van der Waals surface area contributed by atoms with Crippen molar-refractivity contribution in [3.8, 4) is 0 Å². The number of rotatable bonds is 4. The minimum absolute atomic E-state index is 0.260. The Kier molecular flexibility index (Phi) is 5.04. The molecule has 0 aliphatic rings. The van der Waals surface area contributed by atoms with Gasteiger partial charge >= 0.3 is 0 Å². The number of benzene rings is 1. The second kappa shape index (κ2) is 6.78. The fourth-order valence-electron chi connectivity index (χ4n) is 1.82.